The van der Waals surface area contributed by atoms with Crippen molar-refractivity contribution in [3.8, 4) is 5.75 Å². The van der Waals surface area contributed by atoms with Crippen LogP contribution in [-0.4, -0.2) is 34.4 Å². The highest BCUT2D eigenvalue weighted by Gasteiger charge is 2.06. The third-order valence-electron chi connectivity index (χ3n) is 2.93. The van der Waals surface area contributed by atoms with Crippen molar-refractivity contribution in [2.45, 2.75) is 6.92 Å². The quantitative estimate of drug-likeness (QED) is 0.881. The van der Waals surface area contributed by atoms with E-state index < -0.39 is 10.8 Å². The van der Waals surface area contributed by atoms with Gasteiger partial charge in [-0.1, -0.05) is 19.1 Å². The van der Waals surface area contributed by atoms with E-state index in [1.54, 1.807) is 13.3 Å². The van der Waals surface area contributed by atoms with Gasteiger partial charge in [0.15, 0.2) is 0 Å². The van der Waals surface area contributed by atoms with Gasteiger partial charge < -0.3 is 10.1 Å². The molecule has 1 unspecified atom stereocenters. The molecule has 1 aromatic heterocycles. The number of benzene rings is 1. The smallest absolute Gasteiger partial charge is 0.133 e. The highest BCUT2D eigenvalue weighted by molar-refractivity contribution is 7.84. The highest BCUT2D eigenvalue weighted by atomic mass is 32.2. The van der Waals surface area contributed by atoms with Crippen molar-refractivity contribution in [3.63, 3.8) is 0 Å². The number of fused-ring (bicyclic) bond motifs is 1. The van der Waals surface area contributed by atoms with Crippen LogP contribution in [0.25, 0.3) is 10.8 Å². The Morgan fingerprint density at radius 2 is 2.16 bits per heavy atom. The maximum absolute atomic E-state index is 11.4. The number of nitrogens with one attached hydrogen (secondary N) is 1. The molecule has 1 aromatic carbocycles. The van der Waals surface area contributed by atoms with E-state index >= 15 is 0 Å². The molecule has 102 valence electrons. The molecule has 4 nitrogen and oxygen atoms in total. The molecule has 1 heterocycles. The summed E-state index contributed by atoms with van der Waals surface area (Å²) < 4.78 is 16.7. The molecular formula is C14H18N2O2S. The molecule has 2 rings (SSSR count). The molecule has 19 heavy (non-hydrogen) atoms. The molecule has 0 aliphatic carbocycles. The van der Waals surface area contributed by atoms with E-state index in [0.717, 1.165) is 22.3 Å². The van der Waals surface area contributed by atoms with E-state index in [0.29, 0.717) is 18.1 Å². The number of methoxy groups -OCH3 is 1. The molecule has 0 aliphatic rings. The average molecular weight is 278 g/mol. The summed E-state index contributed by atoms with van der Waals surface area (Å²) in [7, 11) is 0.904. The number of hydrogen-bond donors (Lipinski definition) is 1. The van der Waals surface area contributed by atoms with Crippen LogP contribution in [-0.2, 0) is 10.8 Å². The van der Waals surface area contributed by atoms with Gasteiger partial charge in [0.2, 0.25) is 0 Å². The summed E-state index contributed by atoms with van der Waals surface area (Å²) in [5.74, 6) is 2.97. The fourth-order valence-electron chi connectivity index (χ4n) is 1.92. The first-order chi connectivity index (χ1) is 9.26. The first kappa shape index (κ1) is 13.8. The molecule has 1 atom stereocenters. The van der Waals surface area contributed by atoms with Crippen LogP contribution in [0.5, 0.6) is 5.75 Å². The van der Waals surface area contributed by atoms with Crippen LogP contribution in [0.1, 0.15) is 6.92 Å². The lowest BCUT2D eigenvalue weighted by Crippen LogP contribution is -2.12. The summed E-state index contributed by atoms with van der Waals surface area (Å²) in [6.45, 7) is 2.58. The Hall–Kier alpha value is -1.62. The Bertz CT molecular complexity index is 587. The first-order valence-electron chi connectivity index (χ1n) is 6.26. The molecule has 0 spiro atoms. The van der Waals surface area contributed by atoms with Crippen molar-refractivity contribution >= 4 is 27.4 Å². The highest BCUT2D eigenvalue weighted by Crippen LogP contribution is 2.28. The van der Waals surface area contributed by atoms with Crippen LogP contribution in [0.4, 0.5) is 5.82 Å². The number of pyridine rings is 1. The zero-order valence-electron chi connectivity index (χ0n) is 11.2. The number of hydrogen-bond acceptors (Lipinski definition) is 4. The zero-order valence-corrected chi connectivity index (χ0v) is 12.0. The van der Waals surface area contributed by atoms with Crippen LogP contribution in [0.15, 0.2) is 30.5 Å². The molecule has 0 radical (unpaired) electrons. The number of ether oxygens (including phenoxy) is 1. The minimum atomic E-state index is -0.755. The second kappa shape index (κ2) is 6.52. The first-order valence-corrected chi connectivity index (χ1v) is 7.75. The van der Waals surface area contributed by atoms with Gasteiger partial charge in [0.1, 0.15) is 11.6 Å². The van der Waals surface area contributed by atoms with Crippen molar-refractivity contribution in [2.24, 2.45) is 0 Å². The Kier molecular flexibility index (Phi) is 4.74. The fraction of sp³-hybridized carbons (Fsp3) is 0.357. The molecule has 1 N–H and O–H groups in total. The lowest BCUT2D eigenvalue weighted by molar-refractivity contribution is 0.420. The standard InChI is InChI=1S/C14H18N2O2S/c1-3-19(17)10-9-16-14-12-5-4-6-13(18-2)11(12)7-8-15-14/h4-8H,3,9-10H2,1-2H3,(H,15,16). The lowest BCUT2D eigenvalue weighted by atomic mass is 10.1. The Morgan fingerprint density at radius 3 is 2.89 bits per heavy atom. The molecule has 2 aromatic rings. The molecule has 5 heteroatoms. The largest absolute Gasteiger partial charge is 0.496 e. The molecule has 0 amide bonds. The van der Waals surface area contributed by atoms with Crippen LogP contribution in [0, 0.1) is 0 Å². The second-order valence-electron chi connectivity index (χ2n) is 4.07. The van der Waals surface area contributed by atoms with Crippen LogP contribution in [0.3, 0.4) is 0 Å². The van der Waals surface area contributed by atoms with Gasteiger partial charge in [-0.3, -0.25) is 4.21 Å². The van der Waals surface area contributed by atoms with E-state index in [-0.39, 0.29) is 0 Å². The average Bonchev–Trinajstić information content (AvgIpc) is 2.46. The van der Waals surface area contributed by atoms with Crippen molar-refractivity contribution < 1.29 is 8.95 Å². The zero-order chi connectivity index (χ0) is 13.7. The number of rotatable bonds is 6. The monoisotopic (exact) mass is 278 g/mol. The maximum Gasteiger partial charge on any atom is 0.133 e. The normalized spacial score (nSPS) is 12.3. The van der Waals surface area contributed by atoms with Crippen molar-refractivity contribution in [1.82, 2.24) is 4.98 Å². The van der Waals surface area contributed by atoms with Gasteiger partial charge in [-0.05, 0) is 12.1 Å². The molecular weight excluding hydrogens is 260 g/mol. The minimum Gasteiger partial charge on any atom is -0.496 e. The maximum atomic E-state index is 11.4. The summed E-state index contributed by atoms with van der Waals surface area (Å²) in [5.41, 5.74) is 0. The van der Waals surface area contributed by atoms with Crippen molar-refractivity contribution in [3.05, 3.63) is 30.5 Å². The van der Waals surface area contributed by atoms with Gasteiger partial charge in [-0.15, -0.1) is 0 Å². The summed E-state index contributed by atoms with van der Waals surface area (Å²) in [4.78, 5) is 4.34. The summed E-state index contributed by atoms with van der Waals surface area (Å²) >= 11 is 0. The number of nitrogens with zero attached hydrogens (tertiary/aromatic N) is 1. The van der Waals surface area contributed by atoms with Crippen molar-refractivity contribution in [2.75, 3.05) is 30.5 Å². The van der Waals surface area contributed by atoms with Gasteiger partial charge >= 0.3 is 0 Å². The predicted octanol–water partition coefficient (Wildman–Crippen LogP) is 2.42. The third kappa shape index (κ3) is 3.23. The number of anilines is 1. The third-order valence-corrected chi connectivity index (χ3v) is 4.23. The van der Waals surface area contributed by atoms with E-state index in [1.807, 2.05) is 31.2 Å². The van der Waals surface area contributed by atoms with Crippen LogP contribution < -0.4 is 10.1 Å². The van der Waals surface area contributed by atoms with Crippen molar-refractivity contribution in [1.29, 1.82) is 0 Å². The molecule has 0 saturated heterocycles. The second-order valence-corrected chi connectivity index (χ2v) is 5.94. The Morgan fingerprint density at radius 1 is 1.32 bits per heavy atom. The van der Waals surface area contributed by atoms with Gasteiger partial charge in [-0.25, -0.2) is 4.98 Å². The van der Waals surface area contributed by atoms with Gasteiger partial charge in [-0.2, -0.15) is 0 Å². The van der Waals surface area contributed by atoms with Crippen LogP contribution in [0.2, 0.25) is 0 Å². The number of aromatic nitrogens is 1. The summed E-state index contributed by atoms with van der Waals surface area (Å²) in [6, 6.07) is 7.81. The minimum absolute atomic E-state index is 0.637. The SMILES string of the molecule is CCS(=O)CCNc1nccc2c(OC)cccc12. The van der Waals surface area contributed by atoms with Gasteiger partial charge in [0, 0.05) is 45.8 Å². The van der Waals surface area contributed by atoms with Crippen LogP contribution >= 0.6 is 0 Å². The summed E-state index contributed by atoms with van der Waals surface area (Å²) in [6.07, 6.45) is 1.75. The Labute approximate surface area is 115 Å². The molecule has 0 fully saturated rings. The van der Waals surface area contributed by atoms with Gasteiger partial charge in [0.25, 0.3) is 0 Å². The van der Waals surface area contributed by atoms with E-state index in [4.69, 9.17) is 4.74 Å². The summed E-state index contributed by atoms with van der Waals surface area (Å²) in [5, 5.41) is 5.29. The topological polar surface area (TPSA) is 51.2 Å². The lowest BCUT2D eigenvalue weighted by Gasteiger charge is -2.10. The molecule has 0 saturated carbocycles. The van der Waals surface area contributed by atoms with E-state index in [1.165, 1.54) is 0 Å². The predicted molar refractivity (Wildman–Crippen MR) is 80.3 cm³/mol. The van der Waals surface area contributed by atoms with E-state index in [2.05, 4.69) is 10.3 Å². The Balaban J connectivity index is 2.21. The van der Waals surface area contributed by atoms with Gasteiger partial charge in [0.05, 0.1) is 7.11 Å². The fourth-order valence-corrected chi connectivity index (χ4v) is 2.54. The molecule has 0 bridgehead atoms. The molecule has 0 aliphatic heterocycles. The van der Waals surface area contributed by atoms with E-state index in [9.17, 15) is 4.21 Å².